The Morgan fingerprint density at radius 2 is 1.45 bits per heavy atom. The Balaban J connectivity index is 1.28. The van der Waals surface area contributed by atoms with Crippen molar-refractivity contribution in [3.05, 3.63) is 70.3 Å². The van der Waals surface area contributed by atoms with E-state index in [1.165, 1.54) is 0 Å². The molecule has 0 aliphatic carbocycles. The Morgan fingerprint density at radius 1 is 0.828 bits per heavy atom. The highest BCUT2D eigenvalue weighted by Gasteiger charge is 2.26. The van der Waals surface area contributed by atoms with Crippen molar-refractivity contribution in [2.45, 2.75) is 0 Å². The molecule has 1 aliphatic heterocycles. The number of hydrogen-bond donors (Lipinski definition) is 2. The number of amides is 2. The molecule has 0 spiro atoms. The van der Waals surface area contributed by atoms with Crippen molar-refractivity contribution in [2.24, 2.45) is 0 Å². The number of fused-ring (bicyclic) bond motifs is 2. The van der Waals surface area contributed by atoms with Crippen LogP contribution in [0.5, 0.6) is 0 Å². The summed E-state index contributed by atoms with van der Waals surface area (Å²) in [6.45, 7) is 1.84. The number of carbonyl (C=O) groups is 2. The van der Waals surface area contributed by atoms with E-state index in [-0.39, 0.29) is 11.8 Å². The molecule has 0 atom stereocenters. The van der Waals surface area contributed by atoms with Crippen LogP contribution in [0, 0.1) is 0 Å². The first kappa shape index (κ1) is 17.3. The smallest absolute Gasteiger partial charge is 0.408 e. The monoisotopic (exact) mass is 390 g/mol. The molecule has 1 fully saturated rings. The van der Waals surface area contributed by atoms with E-state index in [1.807, 2.05) is 30.5 Å². The summed E-state index contributed by atoms with van der Waals surface area (Å²) < 4.78 is 5.03. The molecule has 2 aromatic heterocycles. The molecule has 146 valence electrons. The summed E-state index contributed by atoms with van der Waals surface area (Å²) in [6, 6.07) is 12.4. The van der Waals surface area contributed by atoms with Crippen LogP contribution < -0.4 is 5.76 Å². The molecule has 0 bridgehead atoms. The lowest BCUT2D eigenvalue weighted by molar-refractivity contribution is 0.0535. The minimum atomic E-state index is -0.547. The summed E-state index contributed by atoms with van der Waals surface area (Å²) >= 11 is 0. The Morgan fingerprint density at radius 3 is 2.14 bits per heavy atom. The minimum Gasteiger partial charge on any atom is -0.408 e. The fraction of sp³-hybridized carbons (Fsp3) is 0.190. The topological polar surface area (TPSA) is 102 Å². The minimum absolute atomic E-state index is 0.0317. The maximum absolute atomic E-state index is 12.8. The van der Waals surface area contributed by atoms with Gasteiger partial charge in [-0.3, -0.25) is 14.6 Å². The van der Waals surface area contributed by atoms with E-state index in [0.29, 0.717) is 48.4 Å². The maximum Gasteiger partial charge on any atom is 0.417 e. The number of nitrogens with zero attached hydrogens (tertiary/aromatic N) is 2. The van der Waals surface area contributed by atoms with Crippen molar-refractivity contribution < 1.29 is 14.0 Å². The van der Waals surface area contributed by atoms with Crippen LogP contribution in [0.2, 0.25) is 0 Å². The summed E-state index contributed by atoms with van der Waals surface area (Å²) in [5, 5.41) is 0.997. The van der Waals surface area contributed by atoms with Gasteiger partial charge in [-0.15, -0.1) is 0 Å². The number of aromatic amines is 2. The molecule has 1 aliphatic rings. The number of carbonyl (C=O) groups excluding carboxylic acids is 2. The van der Waals surface area contributed by atoms with Crippen LogP contribution in [0.4, 0.5) is 0 Å². The van der Waals surface area contributed by atoms with Crippen molar-refractivity contribution in [1.82, 2.24) is 19.8 Å². The molecular weight excluding hydrogens is 372 g/mol. The average molecular weight is 390 g/mol. The molecule has 5 rings (SSSR count). The van der Waals surface area contributed by atoms with Gasteiger partial charge in [-0.2, -0.15) is 0 Å². The molecule has 4 aromatic rings. The lowest BCUT2D eigenvalue weighted by atomic mass is 10.1. The van der Waals surface area contributed by atoms with Crippen LogP contribution in [-0.4, -0.2) is 57.8 Å². The highest BCUT2D eigenvalue weighted by Crippen LogP contribution is 2.18. The van der Waals surface area contributed by atoms with E-state index in [4.69, 9.17) is 4.42 Å². The predicted molar refractivity (Wildman–Crippen MR) is 107 cm³/mol. The van der Waals surface area contributed by atoms with Crippen LogP contribution in [0.25, 0.3) is 22.0 Å². The summed E-state index contributed by atoms with van der Waals surface area (Å²) in [7, 11) is 0. The predicted octanol–water partition coefficient (Wildman–Crippen LogP) is 2.20. The number of H-pyrrole nitrogens is 2. The number of nitrogens with one attached hydrogen (secondary N) is 2. The zero-order chi connectivity index (χ0) is 20.0. The van der Waals surface area contributed by atoms with Gasteiger partial charge in [-0.1, -0.05) is 0 Å². The van der Waals surface area contributed by atoms with Gasteiger partial charge in [0, 0.05) is 54.4 Å². The van der Waals surface area contributed by atoms with E-state index in [9.17, 15) is 14.4 Å². The van der Waals surface area contributed by atoms with E-state index in [0.717, 1.165) is 10.9 Å². The molecule has 1 saturated heterocycles. The normalized spacial score (nSPS) is 14.6. The van der Waals surface area contributed by atoms with Crippen LogP contribution >= 0.6 is 0 Å². The number of benzene rings is 2. The third-order valence-corrected chi connectivity index (χ3v) is 5.32. The molecule has 3 heterocycles. The van der Waals surface area contributed by atoms with Crippen LogP contribution in [0.15, 0.2) is 57.9 Å². The number of oxazole rings is 1. The van der Waals surface area contributed by atoms with E-state index < -0.39 is 5.76 Å². The molecule has 2 N–H and O–H groups in total. The van der Waals surface area contributed by atoms with Gasteiger partial charge in [0.15, 0.2) is 5.58 Å². The van der Waals surface area contributed by atoms with Gasteiger partial charge in [0.25, 0.3) is 11.8 Å². The molecule has 8 nitrogen and oxygen atoms in total. The van der Waals surface area contributed by atoms with E-state index in [2.05, 4.69) is 9.97 Å². The molecular formula is C21H18N4O4. The van der Waals surface area contributed by atoms with Gasteiger partial charge >= 0.3 is 5.76 Å². The fourth-order valence-corrected chi connectivity index (χ4v) is 3.74. The first-order chi connectivity index (χ1) is 14.1. The van der Waals surface area contributed by atoms with Crippen molar-refractivity contribution in [3.8, 4) is 0 Å². The first-order valence-corrected chi connectivity index (χ1v) is 9.37. The summed E-state index contributed by atoms with van der Waals surface area (Å²) in [6.07, 6.45) is 1.85. The Labute approximate surface area is 164 Å². The van der Waals surface area contributed by atoms with E-state index in [1.54, 1.807) is 28.0 Å². The third-order valence-electron chi connectivity index (χ3n) is 5.32. The first-order valence-electron chi connectivity index (χ1n) is 9.37. The van der Waals surface area contributed by atoms with Crippen LogP contribution in [0.1, 0.15) is 20.7 Å². The molecule has 8 heteroatoms. The molecule has 2 amide bonds. The standard InChI is InChI=1S/C21H18N4O4/c26-19(14-1-3-16-13(11-14)5-6-22-16)24-7-9-25(10-8-24)20(27)15-2-4-17-18(12-15)29-21(28)23-17/h1-6,11-12,22H,7-10H2,(H,23,28). The van der Waals surface area contributed by atoms with Gasteiger partial charge in [-0.05, 0) is 42.5 Å². The zero-order valence-electron chi connectivity index (χ0n) is 15.5. The number of rotatable bonds is 2. The SMILES string of the molecule is O=C(c1ccc2[nH]ccc2c1)N1CCN(C(=O)c2ccc3[nH]c(=O)oc3c2)CC1. The zero-order valence-corrected chi connectivity index (χ0v) is 15.5. The second-order valence-corrected chi connectivity index (χ2v) is 7.09. The summed E-state index contributed by atoms with van der Waals surface area (Å²) in [5.41, 5.74) is 3.01. The van der Waals surface area contributed by atoms with Crippen molar-refractivity contribution in [3.63, 3.8) is 0 Å². The van der Waals surface area contributed by atoms with Gasteiger partial charge in [0.05, 0.1) is 5.52 Å². The molecule has 0 saturated carbocycles. The van der Waals surface area contributed by atoms with Crippen molar-refractivity contribution in [2.75, 3.05) is 26.2 Å². The number of piperazine rings is 1. The molecule has 0 unspecified atom stereocenters. The van der Waals surface area contributed by atoms with Gasteiger partial charge in [0.1, 0.15) is 0 Å². The second kappa shape index (κ2) is 6.66. The van der Waals surface area contributed by atoms with E-state index >= 15 is 0 Å². The quantitative estimate of drug-likeness (QED) is 0.548. The number of hydrogen-bond acceptors (Lipinski definition) is 4. The van der Waals surface area contributed by atoms with Crippen LogP contribution in [0.3, 0.4) is 0 Å². The molecule has 2 aromatic carbocycles. The third kappa shape index (κ3) is 3.08. The lowest BCUT2D eigenvalue weighted by Crippen LogP contribution is -2.50. The molecule has 0 radical (unpaired) electrons. The highest BCUT2D eigenvalue weighted by molar-refractivity contribution is 5.99. The van der Waals surface area contributed by atoms with Crippen molar-refractivity contribution in [1.29, 1.82) is 0 Å². The lowest BCUT2D eigenvalue weighted by Gasteiger charge is -2.34. The van der Waals surface area contributed by atoms with Crippen LogP contribution in [-0.2, 0) is 0 Å². The Kier molecular flexibility index (Phi) is 3.97. The highest BCUT2D eigenvalue weighted by atomic mass is 16.4. The Hall–Kier alpha value is -3.81. The largest absolute Gasteiger partial charge is 0.417 e. The van der Waals surface area contributed by atoms with Gasteiger partial charge < -0.3 is 19.2 Å². The van der Waals surface area contributed by atoms with Gasteiger partial charge in [-0.25, -0.2) is 4.79 Å². The maximum atomic E-state index is 12.8. The summed E-state index contributed by atoms with van der Waals surface area (Å²) in [4.78, 5) is 46.1. The summed E-state index contributed by atoms with van der Waals surface area (Å²) in [5.74, 6) is -0.721. The number of aromatic nitrogens is 2. The Bertz CT molecular complexity index is 1290. The fourth-order valence-electron chi connectivity index (χ4n) is 3.74. The van der Waals surface area contributed by atoms with Gasteiger partial charge in [0.2, 0.25) is 0 Å². The second-order valence-electron chi connectivity index (χ2n) is 7.09. The average Bonchev–Trinajstić information content (AvgIpc) is 3.36. The molecule has 29 heavy (non-hydrogen) atoms. The van der Waals surface area contributed by atoms with Crippen molar-refractivity contribution >= 4 is 33.8 Å².